The van der Waals surface area contributed by atoms with E-state index in [0.717, 1.165) is 11.3 Å². The molecule has 23 heavy (non-hydrogen) atoms. The number of rotatable bonds is 5. The fraction of sp³-hybridized carbons (Fsp3) is 0. The van der Waals surface area contributed by atoms with E-state index in [-0.39, 0.29) is 15.7 Å². The lowest BCUT2D eigenvalue weighted by Gasteiger charge is -2.11. The molecule has 0 aliphatic carbocycles. The number of anilines is 1. The van der Waals surface area contributed by atoms with Crippen molar-refractivity contribution in [3.05, 3.63) is 83.2 Å². The molecular weight excluding hydrogens is 330 g/mol. The third kappa shape index (κ3) is 3.33. The van der Waals surface area contributed by atoms with Crippen LogP contribution in [0.1, 0.15) is 15.9 Å². The molecule has 0 fully saturated rings. The third-order valence-electron chi connectivity index (χ3n) is 3.21. The summed E-state index contributed by atoms with van der Waals surface area (Å²) in [6.45, 7) is 0. The second-order valence-electron chi connectivity index (χ2n) is 4.78. The Morgan fingerprint density at radius 3 is 2.26 bits per heavy atom. The molecule has 1 aromatic heterocycles. The zero-order valence-corrected chi connectivity index (χ0v) is 13.6. The first-order chi connectivity index (χ1) is 11.1. The Morgan fingerprint density at radius 1 is 0.870 bits per heavy atom. The minimum Gasteiger partial charge on any atom is -0.289 e. The molecule has 1 N–H and O–H groups in total. The summed E-state index contributed by atoms with van der Waals surface area (Å²) in [5.74, 6) is -0.227. The van der Waals surface area contributed by atoms with E-state index < -0.39 is 10.0 Å². The molecule has 4 nitrogen and oxygen atoms in total. The molecule has 6 heteroatoms. The van der Waals surface area contributed by atoms with Crippen LogP contribution >= 0.6 is 11.3 Å². The van der Waals surface area contributed by atoms with Gasteiger partial charge in [-0.25, -0.2) is 8.42 Å². The van der Waals surface area contributed by atoms with Gasteiger partial charge in [0.15, 0.2) is 5.78 Å². The Morgan fingerprint density at radius 2 is 1.57 bits per heavy atom. The summed E-state index contributed by atoms with van der Waals surface area (Å²) >= 11 is 1.12. The molecule has 1 heterocycles. The second-order valence-corrected chi connectivity index (χ2v) is 7.64. The first kappa shape index (κ1) is 15.5. The van der Waals surface area contributed by atoms with Crippen molar-refractivity contribution in [1.82, 2.24) is 0 Å². The maximum atomic E-state index is 12.6. The van der Waals surface area contributed by atoms with Crippen LogP contribution in [0.4, 0.5) is 5.69 Å². The Bertz CT molecular complexity index is 917. The first-order valence-electron chi connectivity index (χ1n) is 6.83. The smallest absolute Gasteiger partial charge is 0.271 e. The molecule has 116 valence electrons. The van der Waals surface area contributed by atoms with Crippen LogP contribution < -0.4 is 4.72 Å². The first-order valence-corrected chi connectivity index (χ1v) is 9.19. The Balaban J connectivity index is 1.98. The minimum absolute atomic E-state index is 0.208. The predicted octanol–water partition coefficient (Wildman–Crippen LogP) is 3.78. The second kappa shape index (κ2) is 6.36. The normalized spacial score (nSPS) is 11.1. The average Bonchev–Trinajstić information content (AvgIpc) is 3.11. The highest BCUT2D eigenvalue weighted by Gasteiger charge is 2.19. The van der Waals surface area contributed by atoms with Gasteiger partial charge in [0, 0.05) is 11.1 Å². The number of hydrogen-bond acceptors (Lipinski definition) is 4. The lowest BCUT2D eigenvalue weighted by molar-refractivity contribution is 0.103. The number of hydrogen-bond donors (Lipinski definition) is 1. The van der Waals surface area contributed by atoms with E-state index in [1.54, 1.807) is 60.0 Å². The Kier molecular flexibility index (Phi) is 4.27. The predicted molar refractivity (Wildman–Crippen MR) is 91.4 cm³/mol. The van der Waals surface area contributed by atoms with E-state index in [4.69, 9.17) is 0 Å². The molecule has 0 spiro atoms. The molecule has 0 aliphatic heterocycles. The van der Waals surface area contributed by atoms with Crippen molar-refractivity contribution >= 4 is 32.8 Å². The van der Waals surface area contributed by atoms with E-state index >= 15 is 0 Å². The fourth-order valence-electron chi connectivity index (χ4n) is 2.13. The zero-order valence-electron chi connectivity index (χ0n) is 12.0. The summed E-state index contributed by atoms with van der Waals surface area (Å²) < 4.78 is 27.4. The molecule has 0 radical (unpaired) electrons. The largest absolute Gasteiger partial charge is 0.289 e. The lowest BCUT2D eigenvalue weighted by Crippen LogP contribution is -2.14. The molecule has 3 aromatic rings. The molecule has 0 amide bonds. The molecule has 3 rings (SSSR count). The fourth-order valence-corrected chi connectivity index (χ4v) is 4.20. The highest BCUT2D eigenvalue weighted by Crippen LogP contribution is 2.24. The summed E-state index contributed by atoms with van der Waals surface area (Å²) in [7, 11) is -3.69. The number of carbonyl (C=O) groups excluding carboxylic acids is 1. The van der Waals surface area contributed by atoms with Crippen molar-refractivity contribution in [2.75, 3.05) is 4.72 Å². The number of carbonyl (C=O) groups is 1. The molecule has 0 saturated carbocycles. The molecular formula is C17H13NO3S2. The minimum atomic E-state index is -3.69. The number of sulfonamides is 1. The molecule has 0 atom stereocenters. The molecule has 0 unspecified atom stereocenters. The van der Waals surface area contributed by atoms with Crippen molar-refractivity contribution in [3.63, 3.8) is 0 Å². The van der Waals surface area contributed by atoms with E-state index in [0.29, 0.717) is 11.1 Å². The van der Waals surface area contributed by atoms with Crippen LogP contribution in [0.2, 0.25) is 0 Å². The van der Waals surface area contributed by atoms with Crippen molar-refractivity contribution < 1.29 is 13.2 Å². The highest BCUT2D eigenvalue weighted by molar-refractivity contribution is 7.94. The lowest BCUT2D eigenvalue weighted by atomic mass is 10.0. The maximum Gasteiger partial charge on any atom is 0.271 e. The highest BCUT2D eigenvalue weighted by atomic mass is 32.2. The van der Waals surface area contributed by atoms with Crippen LogP contribution in [-0.4, -0.2) is 14.2 Å². The summed E-state index contributed by atoms with van der Waals surface area (Å²) in [5, 5.41) is 1.69. The quantitative estimate of drug-likeness (QED) is 0.717. The average molecular weight is 343 g/mol. The van der Waals surface area contributed by atoms with Crippen LogP contribution in [0.25, 0.3) is 0 Å². The van der Waals surface area contributed by atoms with Gasteiger partial charge in [-0.3, -0.25) is 9.52 Å². The van der Waals surface area contributed by atoms with Gasteiger partial charge in [0.25, 0.3) is 10.0 Å². The van der Waals surface area contributed by atoms with Crippen LogP contribution in [0.15, 0.2) is 76.3 Å². The van der Waals surface area contributed by atoms with Gasteiger partial charge >= 0.3 is 0 Å². The number of nitrogens with one attached hydrogen (secondary N) is 1. The topological polar surface area (TPSA) is 63.2 Å². The summed E-state index contributed by atoms with van der Waals surface area (Å²) in [4.78, 5) is 12.6. The van der Waals surface area contributed by atoms with Crippen molar-refractivity contribution in [2.45, 2.75) is 4.21 Å². The zero-order chi connectivity index (χ0) is 16.3. The SMILES string of the molecule is O=C(c1ccccc1)c1ccccc1NS(=O)(=O)c1cccs1. The van der Waals surface area contributed by atoms with Gasteiger partial charge in [0.05, 0.1) is 5.69 Å². The van der Waals surface area contributed by atoms with Crippen LogP contribution in [0.5, 0.6) is 0 Å². The molecule has 0 saturated heterocycles. The van der Waals surface area contributed by atoms with Crippen LogP contribution in [-0.2, 0) is 10.0 Å². The van der Waals surface area contributed by atoms with Crippen LogP contribution in [0, 0.1) is 0 Å². The van der Waals surface area contributed by atoms with Crippen molar-refractivity contribution in [3.8, 4) is 0 Å². The van der Waals surface area contributed by atoms with Gasteiger partial charge in [-0.15, -0.1) is 11.3 Å². The summed E-state index contributed by atoms with van der Waals surface area (Å²) in [6.07, 6.45) is 0. The van der Waals surface area contributed by atoms with Gasteiger partial charge in [-0.1, -0.05) is 48.5 Å². The van der Waals surface area contributed by atoms with E-state index in [9.17, 15) is 13.2 Å². The summed E-state index contributed by atoms with van der Waals surface area (Å²) in [5.41, 5.74) is 1.10. The molecule has 0 aliphatic rings. The van der Waals surface area contributed by atoms with E-state index in [1.807, 2.05) is 6.07 Å². The molecule has 2 aromatic carbocycles. The number of ketones is 1. The van der Waals surface area contributed by atoms with Gasteiger partial charge in [-0.2, -0.15) is 0 Å². The Hall–Kier alpha value is -2.44. The number of benzene rings is 2. The van der Waals surface area contributed by atoms with Crippen molar-refractivity contribution in [2.24, 2.45) is 0 Å². The van der Waals surface area contributed by atoms with Gasteiger partial charge in [0.2, 0.25) is 0 Å². The Labute approximate surface area is 138 Å². The third-order valence-corrected chi connectivity index (χ3v) is 5.97. The van der Waals surface area contributed by atoms with Gasteiger partial charge in [0.1, 0.15) is 4.21 Å². The van der Waals surface area contributed by atoms with Crippen molar-refractivity contribution in [1.29, 1.82) is 0 Å². The van der Waals surface area contributed by atoms with E-state index in [2.05, 4.69) is 4.72 Å². The standard InChI is InChI=1S/C17H13NO3S2/c19-17(13-7-2-1-3-8-13)14-9-4-5-10-15(14)18-23(20,21)16-11-6-12-22-16/h1-12,18H. The van der Waals surface area contributed by atoms with Crippen LogP contribution in [0.3, 0.4) is 0 Å². The monoisotopic (exact) mass is 343 g/mol. The van der Waals surface area contributed by atoms with Gasteiger partial charge < -0.3 is 0 Å². The molecule has 0 bridgehead atoms. The summed E-state index contributed by atoms with van der Waals surface area (Å²) in [6, 6.07) is 18.5. The number of para-hydroxylation sites is 1. The maximum absolute atomic E-state index is 12.6. The number of thiophene rings is 1. The van der Waals surface area contributed by atoms with Gasteiger partial charge in [-0.05, 0) is 23.6 Å². The van der Waals surface area contributed by atoms with E-state index in [1.165, 1.54) is 6.07 Å².